The van der Waals surface area contributed by atoms with Crippen LogP contribution in [0.2, 0.25) is 5.02 Å². The molecule has 7 heteroatoms. The highest BCUT2D eigenvalue weighted by molar-refractivity contribution is 7.09. The van der Waals surface area contributed by atoms with Gasteiger partial charge in [0.1, 0.15) is 0 Å². The van der Waals surface area contributed by atoms with Gasteiger partial charge in [-0.15, -0.1) is 11.3 Å². The molecule has 3 rings (SSSR count). The standard InChI is InChI=1S/C18H20ClN3O2S/c19-15-5-3-14(4-6-15)17(23)21-9-11-22(12-10-21)18(24)20-8-7-16-2-1-13-25-16/h1-6,13H,7-12H2,(H,20,24). The molecule has 1 aromatic heterocycles. The monoisotopic (exact) mass is 377 g/mol. The highest BCUT2D eigenvalue weighted by Crippen LogP contribution is 2.13. The van der Waals surface area contributed by atoms with Gasteiger partial charge in [-0.05, 0) is 42.1 Å². The highest BCUT2D eigenvalue weighted by atomic mass is 35.5. The molecule has 0 spiro atoms. The number of carbonyl (C=O) groups is 2. The lowest BCUT2D eigenvalue weighted by Crippen LogP contribution is -2.53. The van der Waals surface area contributed by atoms with E-state index in [2.05, 4.69) is 11.4 Å². The van der Waals surface area contributed by atoms with Crippen LogP contribution in [-0.2, 0) is 6.42 Å². The zero-order valence-electron chi connectivity index (χ0n) is 13.8. The van der Waals surface area contributed by atoms with Gasteiger partial charge in [-0.2, -0.15) is 0 Å². The van der Waals surface area contributed by atoms with Crippen molar-refractivity contribution in [1.82, 2.24) is 15.1 Å². The number of nitrogens with zero attached hydrogens (tertiary/aromatic N) is 2. The van der Waals surface area contributed by atoms with Gasteiger partial charge in [0.2, 0.25) is 0 Å². The molecule has 132 valence electrons. The summed E-state index contributed by atoms with van der Waals surface area (Å²) in [7, 11) is 0. The summed E-state index contributed by atoms with van der Waals surface area (Å²) in [6.07, 6.45) is 0.846. The van der Waals surface area contributed by atoms with Crippen molar-refractivity contribution >= 4 is 34.9 Å². The Morgan fingerprint density at radius 3 is 2.36 bits per heavy atom. The average molecular weight is 378 g/mol. The predicted molar refractivity (Wildman–Crippen MR) is 100 cm³/mol. The number of halogens is 1. The van der Waals surface area contributed by atoms with Crippen LogP contribution in [0.15, 0.2) is 41.8 Å². The summed E-state index contributed by atoms with van der Waals surface area (Å²) >= 11 is 7.55. The molecule has 0 atom stereocenters. The van der Waals surface area contributed by atoms with Crippen LogP contribution < -0.4 is 5.32 Å². The maximum Gasteiger partial charge on any atom is 0.317 e. The fourth-order valence-corrected chi connectivity index (χ4v) is 3.58. The second-order valence-corrected chi connectivity index (χ2v) is 7.32. The zero-order chi connectivity index (χ0) is 17.6. The number of thiophene rings is 1. The third kappa shape index (κ3) is 4.74. The van der Waals surface area contributed by atoms with Crippen LogP contribution >= 0.6 is 22.9 Å². The van der Waals surface area contributed by atoms with Crippen molar-refractivity contribution in [1.29, 1.82) is 0 Å². The van der Waals surface area contributed by atoms with E-state index < -0.39 is 0 Å². The van der Waals surface area contributed by atoms with Crippen molar-refractivity contribution in [2.45, 2.75) is 6.42 Å². The van der Waals surface area contributed by atoms with Crippen molar-refractivity contribution in [3.63, 3.8) is 0 Å². The number of benzene rings is 1. The predicted octanol–water partition coefficient (Wildman–Crippen LogP) is 3.11. The lowest BCUT2D eigenvalue weighted by atomic mass is 10.2. The molecule has 1 aliphatic heterocycles. The molecule has 0 aliphatic carbocycles. The van der Waals surface area contributed by atoms with Gasteiger partial charge in [0.05, 0.1) is 0 Å². The third-order valence-electron chi connectivity index (χ3n) is 4.17. The van der Waals surface area contributed by atoms with Gasteiger partial charge in [0, 0.05) is 48.2 Å². The molecule has 1 fully saturated rings. The Balaban J connectivity index is 1.43. The van der Waals surface area contributed by atoms with Gasteiger partial charge in [0.25, 0.3) is 5.91 Å². The lowest BCUT2D eigenvalue weighted by molar-refractivity contribution is 0.0665. The van der Waals surface area contributed by atoms with Gasteiger partial charge in [-0.3, -0.25) is 4.79 Å². The van der Waals surface area contributed by atoms with E-state index in [-0.39, 0.29) is 11.9 Å². The maximum absolute atomic E-state index is 12.5. The van der Waals surface area contributed by atoms with Gasteiger partial charge in [-0.1, -0.05) is 17.7 Å². The summed E-state index contributed by atoms with van der Waals surface area (Å²) in [5.41, 5.74) is 0.623. The molecule has 3 amide bonds. The molecule has 25 heavy (non-hydrogen) atoms. The van der Waals surface area contributed by atoms with Crippen LogP contribution in [0.4, 0.5) is 4.79 Å². The molecule has 2 heterocycles. The Morgan fingerprint density at radius 1 is 1.04 bits per heavy atom. The molecule has 5 nitrogen and oxygen atoms in total. The maximum atomic E-state index is 12.5. The molecular weight excluding hydrogens is 358 g/mol. The largest absolute Gasteiger partial charge is 0.338 e. The molecule has 2 aromatic rings. The molecule has 1 aliphatic rings. The van der Waals surface area contributed by atoms with E-state index in [1.165, 1.54) is 4.88 Å². The van der Waals surface area contributed by atoms with Crippen LogP contribution in [0.1, 0.15) is 15.2 Å². The van der Waals surface area contributed by atoms with Crippen molar-refractivity contribution < 1.29 is 9.59 Å². The molecule has 1 aromatic carbocycles. The Hall–Kier alpha value is -2.05. The van der Waals surface area contributed by atoms with Crippen molar-refractivity contribution in [2.75, 3.05) is 32.7 Å². The minimum Gasteiger partial charge on any atom is -0.338 e. The number of amides is 3. The van der Waals surface area contributed by atoms with Gasteiger partial charge < -0.3 is 15.1 Å². The lowest BCUT2D eigenvalue weighted by Gasteiger charge is -2.34. The van der Waals surface area contributed by atoms with Gasteiger partial charge in [0.15, 0.2) is 0 Å². The number of rotatable bonds is 4. The first kappa shape index (κ1) is 17.8. The van der Waals surface area contributed by atoms with Crippen molar-refractivity contribution in [3.05, 3.63) is 57.2 Å². The molecule has 0 saturated carbocycles. The zero-order valence-corrected chi connectivity index (χ0v) is 15.4. The van der Waals surface area contributed by atoms with E-state index in [0.29, 0.717) is 43.3 Å². The SMILES string of the molecule is O=C(NCCc1cccs1)N1CCN(C(=O)c2ccc(Cl)cc2)CC1. The Morgan fingerprint density at radius 2 is 1.72 bits per heavy atom. The first-order chi connectivity index (χ1) is 12.1. The fourth-order valence-electron chi connectivity index (χ4n) is 2.75. The quantitative estimate of drug-likeness (QED) is 0.890. The van der Waals surface area contributed by atoms with E-state index in [9.17, 15) is 9.59 Å². The summed E-state index contributed by atoms with van der Waals surface area (Å²) in [6.45, 7) is 2.80. The number of piperazine rings is 1. The molecular formula is C18H20ClN3O2S. The van der Waals surface area contributed by atoms with Crippen LogP contribution in [0, 0.1) is 0 Å². The van der Waals surface area contributed by atoms with E-state index >= 15 is 0 Å². The van der Waals surface area contributed by atoms with Crippen LogP contribution in [0.5, 0.6) is 0 Å². The summed E-state index contributed by atoms with van der Waals surface area (Å²) < 4.78 is 0. The fraction of sp³-hybridized carbons (Fsp3) is 0.333. The second-order valence-electron chi connectivity index (χ2n) is 5.85. The molecule has 1 saturated heterocycles. The second kappa shape index (κ2) is 8.36. The van der Waals surface area contributed by atoms with E-state index in [4.69, 9.17) is 11.6 Å². The first-order valence-electron chi connectivity index (χ1n) is 8.23. The van der Waals surface area contributed by atoms with Crippen molar-refractivity contribution in [3.8, 4) is 0 Å². The molecule has 1 N–H and O–H groups in total. The molecule has 0 bridgehead atoms. The number of carbonyl (C=O) groups excluding carboxylic acids is 2. The average Bonchev–Trinajstić information content (AvgIpc) is 3.15. The molecule has 0 unspecified atom stereocenters. The summed E-state index contributed by atoms with van der Waals surface area (Å²) in [5, 5.41) is 5.60. The minimum absolute atomic E-state index is 0.0191. The van der Waals surface area contributed by atoms with E-state index in [1.807, 2.05) is 11.4 Å². The molecule has 0 radical (unpaired) electrons. The summed E-state index contributed by atoms with van der Waals surface area (Å²) in [5.74, 6) is -0.0191. The first-order valence-corrected chi connectivity index (χ1v) is 9.49. The van der Waals surface area contributed by atoms with Crippen LogP contribution in [0.25, 0.3) is 0 Å². The number of urea groups is 1. The van der Waals surface area contributed by atoms with E-state index in [0.717, 1.165) is 6.42 Å². The smallest absolute Gasteiger partial charge is 0.317 e. The Labute approximate surface area is 156 Å². The summed E-state index contributed by atoms with van der Waals surface area (Å²) in [4.78, 5) is 29.5. The van der Waals surface area contributed by atoms with Gasteiger partial charge >= 0.3 is 6.03 Å². The minimum atomic E-state index is -0.0600. The normalized spacial score (nSPS) is 14.4. The number of hydrogen-bond donors (Lipinski definition) is 1. The topological polar surface area (TPSA) is 52.7 Å². The Bertz CT molecular complexity index is 710. The summed E-state index contributed by atoms with van der Waals surface area (Å²) in [6, 6.07) is 10.9. The Kier molecular flexibility index (Phi) is 5.94. The van der Waals surface area contributed by atoms with Crippen LogP contribution in [-0.4, -0.2) is 54.5 Å². The van der Waals surface area contributed by atoms with Gasteiger partial charge in [-0.25, -0.2) is 4.79 Å². The van der Waals surface area contributed by atoms with Crippen molar-refractivity contribution in [2.24, 2.45) is 0 Å². The number of hydrogen-bond acceptors (Lipinski definition) is 3. The number of nitrogens with one attached hydrogen (secondary N) is 1. The van der Waals surface area contributed by atoms with Crippen LogP contribution in [0.3, 0.4) is 0 Å². The van der Waals surface area contributed by atoms with E-state index in [1.54, 1.807) is 45.4 Å². The highest BCUT2D eigenvalue weighted by Gasteiger charge is 2.24. The third-order valence-corrected chi connectivity index (χ3v) is 5.36.